The van der Waals surface area contributed by atoms with Crippen LogP contribution in [0.3, 0.4) is 0 Å². The predicted octanol–water partition coefficient (Wildman–Crippen LogP) is 4.33. The van der Waals surface area contributed by atoms with Gasteiger partial charge in [0.1, 0.15) is 0 Å². The minimum Gasteiger partial charge on any atom is -0.368 e. The van der Waals surface area contributed by atoms with Gasteiger partial charge in [-0.1, -0.05) is 29.8 Å². The zero-order valence-corrected chi connectivity index (χ0v) is 18.5. The summed E-state index contributed by atoms with van der Waals surface area (Å²) in [7, 11) is 0. The number of carbonyl (C=O) groups is 2. The Balaban J connectivity index is 1.23. The van der Waals surface area contributed by atoms with E-state index in [1.165, 1.54) is 11.3 Å². The van der Waals surface area contributed by atoms with Gasteiger partial charge in [-0.3, -0.25) is 14.9 Å². The molecule has 1 aliphatic rings. The van der Waals surface area contributed by atoms with Gasteiger partial charge in [0.15, 0.2) is 5.13 Å². The summed E-state index contributed by atoms with van der Waals surface area (Å²) in [5.41, 5.74) is 2.54. The number of nitrogens with one attached hydrogen (secondary N) is 1. The van der Waals surface area contributed by atoms with Gasteiger partial charge in [-0.25, -0.2) is 4.98 Å². The lowest BCUT2D eigenvalue weighted by Gasteiger charge is -2.36. The van der Waals surface area contributed by atoms with E-state index in [0.717, 1.165) is 29.5 Å². The number of carbonyl (C=O) groups excluding carboxylic acids is 2. The van der Waals surface area contributed by atoms with E-state index < -0.39 is 0 Å². The van der Waals surface area contributed by atoms with Gasteiger partial charge in [0, 0.05) is 54.3 Å². The summed E-state index contributed by atoms with van der Waals surface area (Å²) in [6, 6.07) is 16.8. The number of hydrogen-bond acceptors (Lipinski definition) is 5. The van der Waals surface area contributed by atoms with Gasteiger partial charge in [0.25, 0.3) is 5.91 Å². The summed E-state index contributed by atoms with van der Waals surface area (Å²) in [5.74, 6) is -0.0465. The molecule has 2 heterocycles. The Morgan fingerprint density at radius 1 is 1.00 bits per heavy atom. The van der Waals surface area contributed by atoms with Crippen LogP contribution in [0, 0.1) is 0 Å². The van der Waals surface area contributed by atoms with E-state index in [1.807, 2.05) is 52.7 Å². The molecule has 6 nitrogen and oxygen atoms in total. The van der Waals surface area contributed by atoms with Crippen LogP contribution in [0.25, 0.3) is 0 Å². The average Bonchev–Trinajstić information content (AvgIpc) is 3.26. The van der Waals surface area contributed by atoms with Gasteiger partial charge in [-0.2, -0.15) is 0 Å². The Morgan fingerprint density at radius 2 is 1.71 bits per heavy atom. The van der Waals surface area contributed by atoms with E-state index in [-0.39, 0.29) is 11.8 Å². The lowest BCUT2D eigenvalue weighted by atomic mass is 10.2. The zero-order chi connectivity index (χ0) is 21.6. The molecule has 0 radical (unpaired) electrons. The number of aryl methyl sites for hydroxylation is 1. The molecule has 0 unspecified atom stereocenters. The molecule has 3 aromatic rings. The van der Waals surface area contributed by atoms with Crippen LogP contribution in [-0.4, -0.2) is 47.9 Å². The van der Waals surface area contributed by atoms with Crippen LogP contribution >= 0.6 is 22.9 Å². The predicted molar refractivity (Wildman–Crippen MR) is 125 cm³/mol. The van der Waals surface area contributed by atoms with E-state index in [2.05, 4.69) is 15.2 Å². The topological polar surface area (TPSA) is 65.5 Å². The van der Waals surface area contributed by atoms with Crippen LogP contribution in [0.2, 0.25) is 5.02 Å². The normalized spacial score (nSPS) is 13.8. The number of aromatic nitrogens is 1. The molecule has 0 saturated carbocycles. The Hall–Kier alpha value is -2.90. The van der Waals surface area contributed by atoms with Crippen LogP contribution in [0.1, 0.15) is 22.5 Å². The maximum absolute atomic E-state index is 12.6. The van der Waals surface area contributed by atoms with E-state index in [4.69, 9.17) is 11.6 Å². The lowest BCUT2D eigenvalue weighted by molar-refractivity contribution is -0.131. The van der Waals surface area contributed by atoms with Crippen LogP contribution in [0.5, 0.6) is 0 Å². The van der Waals surface area contributed by atoms with E-state index in [1.54, 1.807) is 12.1 Å². The molecule has 0 atom stereocenters. The third kappa shape index (κ3) is 5.62. The zero-order valence-electron chi connectivity index (χ0n) is 17.0. The lowest BCUT2D eigenvalue weighted by Crippen LogP contribution is -2.48. The number of nitrogens with zero attached hydrogens (tertiary/aromatic N) is 3. The van der Waals surface area contributed by atoms with Crippen molar-refractivity contribution in [3.63, 3.8) is 0 Å². The summed E-state index contributed by atoms with van der Waals surface area (Å²) >= 11 is 7.33. The fourth-order valence-electron chi connectivity index (χ4n) is 3.50. The number of amides is 2. The largest absolute Gasteiger partial charge is 0.368 e. The second-order valence-electron chi connectivity index (χ2n) is 7.31. The first-order chi connectivity index (χ1) is 15.1. The molecule has 0 spiro atoms. The molecule has 0 bridgehead atoms. The molecule has 1 aromatic heterocycles. The fraction of sp³-hybridized carbons (Fsp3) is 0.261. The number of hydrogen-bond donors (Lipinski definition) is 1. The van der Waals surface area contributed by atoms with Gasteiger partial charge in [-0.15, -0.1) is 11.3 Å². The van der Waals surface area contributed by atoms with Crippen molar-refractivity contribution in [3.05, 3.63) is 76.3 Å². The molecule has 2 amide bonds. The average molecular weight is 455 g/mol. The van der Waals surface area contributed by atoms with Crippen LogP contribution in [0.15, 0.2) is 60.0 Å². The first-order valence-electron chi connectivity index (χ1n) is 10.2. The van der Waals surface area contributed by atoms with Crippen molar-refractivity contribution in [1.29, 1.82) is 0 Å². The molecular formula is C23H23ClN4O2S. The molecule has 1 fully saturated rings. The Labute approximate surface area is 190 Å². The highest BCUT2D eigenvalue weighted by molar-refractivity contribution is 7.14. The highest BCUT2D eigenvalue weighted by atomic mass is 35.5. The Morgan fingerprint density at radius 3 is 2.42 bits per heavy atom. The van der Waals surface area contributed by atoms with Gasteiger partial charge >= 0.3 is 0 Å². The summed E-state index contributed by atoms with van der Waals surface area (Å²) in [6.07, 6.45) is 0.977. The van der Waals surface area contributed by atoms with Gasteiger partial charge < -0.3 is 9.80 Å². The number of anilines is 2. The third-order valence-electron chi connectivity index (χ3n) is 5.23. The van der Waals surface area contributed by atoms with E-state index in [9.17, 15) is 9.59 Å². The number of halogens is 1. The first-order valence-corrected chi connectivity index (χ1v) is 11.4. The number of piperazine rings is 1. The number of rotatable bonds is 6. The van der Waals surface area contributed by atoms with Crippen molar-refractivity contribution >= 4 is 45.6 Å². The maximum Gasteiger partial charge on any atom is 0.257 e. The molecule has 160 valence electrons. The molecule has 4 rings (SSSR count). The highest BCUT2D eigenvalue weighted by Crippen LogP contribution is 2.21. The number of benzene rings is 2. The minimum atomic E-state index is -0.184. The van der Waals surface area contributed by atoms with Gasteiger partial charge in [0.05, 0.1) is 5.69 Å². The fourth-order valence-corrected chi connectivity index (χ4v) is 4.36. The molecular weight excluding hydrogens is 432 g/mol. The van der Waals surface area contributed by atoms with Crippen molar-refractivity contribution in [2.24, 2.45) is 0 Å². The third-order valence-corrected chi connectivity index (χ3v) is 6.29. The van der Waals surface area contributed by atoms with Gasteiger partial charge in [0.2, 0.25) is 5.91 Å². The summed E-state index contributed by atoms with van der Waals surface area (Å²) in [6.45, 7) is 3.02. The molecule has 1 N–H and O–H groups in total. The maximum atomic E-state index is 12.6. The van der Waals surface area contributed by atoms with Crippen LogP contribution < -0.4 is 10.2 Å². The molecule has 2 aromatic carbocycles. The Bertz CT molecular complexity index is 1030. The van der Waals surface area contributed by atoms with Crippen molar-refractivity contribution in [1.82, 2.24) is 9.88 Å². The number of thiazole rings is 1. The molecule has 8 heteroatoms. The standard InChI is InChI=1S/C23H23ClN4O2S/c24-18-6-9-20(10-7-18)27-12-14-28(15-13-27)21(29)11-8-19-16-31-23(25-19)26-22(30)17-4-2-1-3-5-17/h1-7,9-10,16H,8,11-15H2,(H,25,26,30). The second-order valence-corrected chi connectivity index (χ2v) is 8.60. The second kappa shape index (κ2) is 9.94. The highest BCUT2D eigenvalue weighted by Gasteiger charge is 2.21. The SMILES string of the molecule is O=C(Nc1nc(CCC(=O)N2CCN(c3ccc(Cl)cc3)CC2)cs1)c1ccccc1. The van der Waals surface area contributed by atoms with E-state index in [0.29, 0.717) is 36.6 Å². The van der Waals surface area contributed by atoms with Crippen molar-refractivity contribution < 1.29 is 9.59 Å². The summed E-state index contributed by atoms with van der Waals surface area (Å²) < 4.78 is 0. The molecule has 1 saturated heterocycles. The summed E-state index contributed by atoms with van der Waals surface area (Å²) in [4.78, 5) is 33.5. The summed E-state index contributed by atoms with van der Waals surface area (Å²) in [5, 5.41) is 5.98. The van der Waals surface area contributed by atoms with E-state index >= 15 is 0 Å². The van der Waals surface area contributed by atoms with Crippen LogP contribution in [0.4, 0.5) is 10.8 Å². The molecule has 0 aliphatic carbocycles. The quantitative estimate of drug-likeness (QED) is 0.602. The minimum absolute atomic E-state index is 0.138. The molecule has 31 heavy (non-hydrogen) atoms. The van der Waals surface area contributed by atoms with Crippen molar-refractivity contribution in [2.75, 3.05) is 36.4 Å². The first kappa shape index (κ1) is 21.3. The smallest absolute Gasteiger partial charge is 0.257 e. The van der Waals surface area contributed by atoms with Crippen molar-refractivity contribution in [2.45, 2.75) is 12.8 Å². The monoisotopic (exact) mass is 454 g/mol. The Kier molecular flexibility index (Phi) is 6.84. The van der Waals surface area contributed by atoms with Crippen molar-refractivity contribution in [3.8, 4) is 0 Å². The van der Waals surface area contributed by atoms with Gasteiger partial charge in [-0.05, 0) is 42.8 Å². The molecule has 1 aliphatic heterocycles. The van der Waals surface area contributed by atoms with Crippen LogP contribution in [-0.2, 0) is 11.2 Å².